The van der Waals surface area contributed by atoms with Gasteiger partial charge in [0.1, 0.15) is 0 Å². The summed E-state index contributed by atoms with van der Waals surface area (Å²) in [6.07, 6.45) is 4.15. The maximum absolute atomic E-state index is 12.3. The topological polar surface area (TPSA) is 66.9 Å². The smallest absolute Gasteiger partial charge is 0.231 e. The van der Waals surface area contributed by atoms with Gasteiger partial charge < -0.3 is 10.6 Å². The second-order valence-corrected chi connectivity index (χ2v) is 5.60. The Balaban J connectivity index is 1.72. The molecule has 5 nitrogen and oxygen atoms in total. The monoisotopic (exact) mass is 282 g/mol. The van der Waals surface area contributed by atoms with Crippen LogP contribution in [0.5, 0.6) is 0 Å². The summed E-state index contributed by atoms with van der Waals surface area (Å²) in [5.41, 5.74) is 1.24. The van der Waals surface area contributed by atoms with Crippen LogP contribution in [0.4, 0.5) is 5.69 Å². The van der Waals surface area contributed by atoms with Crippen LogP contribution < -0.4 is 10.6 Å². The Morgan fingerprint density at radius 3 is 2.57 bits per heavy atom. The normalized spacial score (nSPS) is 21.2. The minimum Gasteiger partial charge on any atom is -0.323 e. The van der Waals surface area contributed by atoms with E-state index in [0.29, 0.717) is 18.1 Å². The SMILES string of the molecule is CC1(C(=O)Nc2cnc(-c3ccccc3)nc2)CCNC1. The van der Waals surface area contributed by atoms with Gasteiger partial charge in [0.05, 0.1) is 23.5 Å². The Hall–Kier alpha value is -2.27. The molecular formula is C16H18N4O. The second kappa shape index (κ2) is 5.61. The number of hydrogen-bond acceptors (Lipinski definition) is 4. The highest BCUT2D eigenvalue weighted by Crippen LogP contribution is 2.26. The number of amides is 1. The Labute approximate surface area is 123 Å². The van der Waals surface area contributed by atoms with Crippen LogP contribution in [0, 0.1) is 5.41 Å². The molecule has 1 unspecified atom stereocenters. The molecule has 1 aromatic heterocycles. The average molecular weight is 282 g/mol. The lowest BCUT2D eigenvalue weighted by atomic mass is 9.89. The molecule has 0 saturated carbocycles. The van der Waals surface area contributed by atoms with Crippen LogP contribution in [0.25, 0.3) is 11.4 Å². The Kier molecular flexibility index (Phi) is 3.66. The molecule has 3 rings (SSSR count). The molecule has 1 aromatic carbocycles. The third-order valence-electron chi connectivity index (χ3n) is 3.86. The number of anilines is 1. The maximum Gasteiger partial charge on any atom is 0.231 e. The fraction of sp³-hybridized carbons (Fsp3) is 0.312. The van der Waals surface area contributed by atoms with Crippen molar-refractivity contribution < 1.29 is 4.79 Å². The van der Waals surface area contributed by atoms with Crippen molar-refractivity contribution in [3.05, 3.63) is 42.7 Å². The summed E-state index contributed by atoms with van der Waals surface area (Å²) in [7, 11) is 0. The first kappa shape index (κ1) is 13.7. The van der Waals surface area contributed by atoms with Gasteiger partial charge in [-0.1, -0.05) is 30.3 Å². The van der Waals surface area contributed by atoms with Crippen LogP contribution >= 0.6 is 0 Å². The second-order valence-electron chi connectivity index (χ2n) is 5.60. The van der Waals surface area contributed by atoms with Crippen LogP contribution in [-0.2, 0) is 4.79 Å². The van der Waals surface area contributed by atoms with Gasteiger partial charge in [0.2, 0.25) is 5.91 Å². The first-order valence-corrected chi connectivity index (χ1v) is 7.07. The number of hydrogen-bond donors (Lipinski definition) is 2. The number of rotatable bonds is 3. The predicted octanol–water partition coefficient (Wildman–Crippen LogP) is 2.08. The molecular weight excluding hydrogens is 264 g/mol. The van der Waals surface area contributed by atoms with Gasteiger partial charge in [0.15, 0.2) is 5.82 Å². The van der Waals surface area contributed by atoms with E-state index in [0.717, 1.165) is 18.5 Å². The summed E-state index contributed by atoms with van der Waals surface area (Å²) in [4.78, 5) is 20.9. The third-order valence-corrected chi connectivity index (χ3v) is 3.86. The van der Waals surface area contributed by atoms with E-state index in [1.54, 1.807) is 12.4 Å². The van der Waals surface area contributed by atoms with Gasteiger partial charge in [0.25, 0.3) is 0 Å². The Bertz CT molecular complexity index is 618. The lowest BCUT2D eigenvalue weighted by Crippen LogP contribution is -2.35. The van der Waals surface area contributed by atoms with Crippen LogP contribution in [0.3, 0.4) is 0 Å². The number of carbonyl (C=O) groups is 1. The van der Waals surface area contributed by atoms with Gasteiger partial charge >= 0.3 is 0 Å². The van der Waals surface area contributed by atoms with Crippen LogP contribution in [0.15, 0.2) is 42.7 Å². The molecule has 0 radical (unpaired) electrons. The summed E-state index contributed by atoms with van der Waals surface area (Å²) >= 11 is 0. The molecule has 21 heavy (non-hydrogen) atoms. The number of carbonyl (C=O) groups excluding carboxylic acids is 1. The van der Waals surface area contributed by atoms with Crippen molar-refractivity contribution in [3.8, 4) is 11.4 Å². The minimum absolute atomic E-state index is 0.0172. The molecule has 0 spiro atoms. The molecule has 1 aliphatic heterocycles. The summed E-state index contributed by atoms with van der Waals surface area (Å²) in [5, 5.41) is 6.12. The van der Waals surface area contributed by atoms with Gasteiger partial charge in [-0.05, 0) is 19.9 Å². The summed E-state index contributed by atoms with van der Waals surface area (Å²) in [6, 6.07) is 9.76. The molecule has 1 fully saturated rings. The molecule has 1 atom stereocenters. The Morgan fingerprint density at radius 2 is 1.95 bits per heavy atom. The number of nitrogens with one attached hydrogen (secondary N) is 2. The van der Waals surface area contributed by atoms with Crippen molar-refractivity contribution in [3.63, 3.8) is 0 Å². The van der Waals surface area contributed by atoms with Crippen LogP contribution in [-0.4, -0.2) is 29.0 Å². The van der Waals surface area contributed by atoms with E-state index in [1.165, 1.54) is 0 Å². The van der Waals surface area contributed by atoms with E-state index < -0.39 is 0 Å². The van der Waals surface area contributed by atoms with Crippen molar-refractivity contribution in [2.45, 2.75) is 13.3 Å². The lowest BCUT2D eigenvalue weighted by Gasteiger charge is -2.21. The molecule has 2 heterocycles. The molecule has 1 amide bonds. The third kappa shape index (κ3) is 2.92. The quantitative estimate of drug-likeness (QED) is 0.904. The summed E-state index contributed by atoms with van der Waals surface area (Å²) < 4.78 is 0. The highest BCUT2D eigenvalue weighted by Gasteiger charge is 2.36. The van der Waals surface area contributed by atoms with Crippen molar-refractivity contribution in [1.82, 2.24) is 15.3 Å². The van der Waals surface area contributed by atoms with E-state index in [4.69, 9.17) is 0 Å². The van der Waals surface area contributed by atoms with E-state index in [9.17, 15) is 4.79 Å². The number of aromatic nitrogens is 2. The first-order valence-electron chi connectivity index (χ1n) is 7.07. The fourth-order valence-electron chi connectivity index (χ4n) is 2.42. The number of benzene rings is 1. The van der Waals surface area contributed by atoms with E-state index in [1.807, 2.05) is 37.3 Å². The zero-order chi connectivity index (χ0) is 14.7. The van der Waals surface area contributed by atoms with Crippen molar-refractivity contribution >= 4 is 11.6 Å². The predicted molar refractivity (Wildman–Crippen MR) is 81.7 cm³/mol. The lowest BCUT2D eigenvalue weighted by molar-refractivity contribution is -0.123. The maximum atomic E-state index is 12.3. The van der Waals surface area contributed by atoms with Gasteiger partial charge in [-0.3, -0.25) is 4.79 Å². The summed E-state index contributed by atoms with van der Waals surface area (Å²) in [5.74, 6) is 0.672. The first-order chi connectivity index (χ1) is 10.2. The van der Waals surface area contributed by atoms with Gasteiger partial charge in [-0.25, -0.2) is 9.97 Å². The molecule has 0 aliphatic carbocycles. The molecule has 2 N–H and O–H groups in total. The highest BCUT2D eigenvalue weighted by atomic mass is 16.2. The Morgan fingerprint density at radius 1 is 1.24 bits per heavy atom. The van der Waals surface area contributed by atoms with E-state index >= 15 is 0 Å². The van der Waals surface area contributed by atoms with Crippen molar-refractivity contribution in [2.75, 3.05) is 18.4 Å². The molecule has 1 saturated heterocycles. The molecule has 108 valence electrons. The zero-order valence-electron chi connectivity index (χ0n) is 12.0. The molecule has 1 aliphatic rings. The van der Waals surface area contributed by atoms with Gasteiger partial charge in [-0.15, -0.1) is 0 Å². The summed E-state index contributed by atoms with van der Waals surface area (Å²) in [6.45, 7) is 3.57. The minimum atomic E-state index is -0.349. The van der Waals surface area contributed by atoms with Crippen LogP contribution in [0.1, 0.15) is 13.3 Å². The largest absolute Gasteiger partial charge is 0.323 e. The molecule has 2 aromatic rings. The van der Waals surface area contributed by atoms with Crippen molar-refractivity contribution in [2.24, 2.45) is 5.41 Å². The molecule has 5 heteroatoms. The molecule has 0 bridgehead atoms. The number of nitrogens with zero attached hydrogens (tertiary/aromatic N) is 2. The average Bonchev–Trinajstić information content (AvgIpc) is 2.97. The van der Waals surface area contributed by atoms with Gasteiger partial charge in [-0.2, -0.15) is 0 Å². The van der Waals surface area contributed by atoms with Gasteiger partial charge in [0, 0.05) is 12.1 Å². The van der Waals surface area contributed by atoms with E-state index in [-0.39, 0.29) is 11.3 Å². The highest BCUT2D eigenvalue weighted by molar-refractivity contribution is 5.95. The van der Waals surface area contributed by atoms with E-state index in [2.05, 4.69) is 20.6 Å². The zero-order valence-corrected chi connectivity index (χ0v) is 12.0. The van der Waals surface area contributed by atoms with Crippen LogP contribution in [0.2, 0.25) is 0 Å². The standard InChI is InChI=1S/C16H18N4O/c1-16(7-8-17-11-16)15(21)20-13-9-18-14(19-10-13)12-5-3-2-4-6-12/h2-6,9-10,17H,7-8,11H2,1H3,(H,20,21). The fourth-order valence-corrected chi connectivity index (χ4v) is 2.42. The van der Waals surface area contributed by atoms with Crippen molar-refractivity contribution in [1.29, 1.82) is 0 Å².